The Bertz CT molecular complexity index is 749. The van der Waals surface area contributed by atoms with Gasteiger partial charge in [0, 0.05) is 30.9 Å². The molecule has 0 spiro atoms. The van der Waals surface area contributed by atoms with E-state index in [2.05, 4.69) is 27.3 Å². The standard InChI is InChI=1S/C19H26N4O2S/c1-4-5-17(24)20-12-16-18(15-10-13(2)21-14(3)11-15)26-19(22-16)23-6-8-25-9-7-23/h10-11H,4-9,12H2,1-3H3,(H,20,24). The van der Waals surface area contributed by atoms with Gasteiger partial charge in [-0.3, -0.25) is 9.78 Å². The van der Waals surface area contributed by atoms with Crippen LogP contribution < -0.4 is 10.2 Å². The maximum Gasteiger partial charge on any atom is 0.220 e. The van der Waals surface area contributed by atoms with Crippen molar-refractivity contribution in [1.29, 1.82) is 0 Å². The number of nitrogens with zero attached hydrogens (tertiary/aromatic N) is 3. The Morgan fingerprint density at radius 3 is 2.58 bits per heavy atom. The molecule has 6 nitrogen and oxygen atoms in total. The largest absolute Gasteiger partial charge is 0.378 e. The molecule has 1 aliphatic heterocycles. The molecule has 0 atom stereocenters. The number of hydrogen-bond donors (Lipinski definition) is 1. The molecule has 0 bridgehead atoms. The zero-order chi connectivity index (χ0) is 18.5. The molecule has 2 aromatic rings. The molecular formula is C19H26N4O2S. The molecule has 0 saturated carbocycles. The molecule has 2 aromatic heterocycles. The van der Waals surface area contributed by atoms with Gasteiger partial charge >= 0.3 is 0 Å². The van der Waals surface area contributed by atoms with Gasteiger partial charge in [0.25, 0.3) is 0 Å². The second-order valence-corrected chi connectivity index (χ2v) is 7.51. The molecule has 3 heterocycles. The van der Waals surface area contributed by atoms with Crippen LogP contribution in [0.2, 0.25) is 0 Å². The van der Waals surface area contributed by atoms with Crippen molar-refractivity contribution in [3.05, 3.63) is 29.2 Å². The van der Waals surface area contributed by atoms with Crippen molar-refractivity contribution >= 4 is 22.4 Å². The maximum absolute atomic E-state index is 11.9. The molecule has 3 rings (SSSR count). The van der Waals surface area contributed by atoms with E-state index in [4.69, 9.17) is 9.72 Å². The summed E-state index contributed by atoms with van der Waals surface area (Å²) in [6.07, 6.45) is 1.39. The molecule has 0 unspecified atom stereocenters. The van der Waals surface area contributed by atoms with Crippen LogP contribution in [0.25, 0.3) is 10.4 Å². The number of aryl methyl sites for hydroxylation is 2. The van der Waals surface area contributed by atoms with Gasteiger partial charge in [0.1, 0.15) is 0 Å². The summed E-state index contributed by atoms with van der Waals surface area (Å²) in [7, 11) is 0. The minimum Gasteiger partial charge on any atom is -0.378 e. The maximum atomic E-state index is 11.9. The van der Waals surface area contributed by atoms with E-state index < -0.39 is 0 Å². The van der Waals surface area contributed by atoms with Crippen molar-refractivity contribution in [3.63, 3.8) is 0 Å². The second kappa shape index (κ2) is 8.60. The van der Waals surface area contributed by atoms with E-state index in [0.29, 0.717) is 13.0 Å². The lowest BCUT2D eigenvalue weighted by Gasteiger charge is -2.26. The number of rotatable bonds is 6. The molecule has 140 valence electrons. The van der Waals surface area contributed by atoms with Crippen LogP contribution >= 0.6 is 11.3 Å². The highest BCUT2D eigenvalue weighted by Gasteiger charge is 2.20. The number of carbonyl (C=O) groups is 1. The van der Waals surface area contributed by atoms with Gasteiger partial charge in [0.15, 0.2) is 5.13 Å². The number of amides is 1. The number of hydrogen-bond acceptors (Lipinski definition) is 6. The smallest absolute Gasteiger partial charge is 0.220 e. The van der Waals surface area contributed by atoms with Crippen molar-refractivity contribution in [2.24, 2.45) is 0 Å². The first kappa shape index (κ1) is 18.8. The van der Waals surface area contributed by atoms with Crippen LogP contribution in [-0.2, 0) is 16.1 Å². The van der Waals surface area contributed by atoms with Gasteiger partial charge in [-0.2, -0.15) is 0 Å². The number of carbonyl (C=O) groups excluding carboxylic acids is 1. The zero-order valence-electron chi connectivity index (χ0n) is 15.7. The van der Waals surface area contributed by atoms with Gasteiger partial charge in [0.05, 0.1) is 30.3 Å². The summed E-state index contributed by atoms with van der Waals surface area (Å²) in [4.78, 5) is 24.6. The first-order chi connectivity index (χ1) is 12.6. The van der Waals surface area contributed by atoms with Crippen LogP contribution in [0, 0.1) is 13.8 Å². The molecule has 1 fully saturated rings. The lowest BCUT2D eigenvalue weighted by molar-refractivity contribution is -0.121. The summed E-state index contributed by atoms with van der Waals surface area (Å²) in [6, 6.07) is 4.17. The van der Waals surface area contributed by atoms with Crippen molar-refractivity contribution in [2.45, 2.75) is 40.2 Å². The Morgan fingerprint density at radius 2 is 1.92 bits per heavy atom. The molecule has 0 radical (unpaired) electrons. The SMILES string of the molecule is CCCC(=O)NCc1nc(N2CCOCC2)sc1-c1cc(C)nc(C)c1. The van der Waals surface area contributed by atoms with Crippen LogP contribution in [0.15, 0.2) is 12.1 Å². The van der Waals surface area contributed by atoms with Crippen molar-refractivity contribution in [1.82, 2.24) is 15.3 Å². The average molecular weight is 375 g/mol. The number of anilines is 1. The summed E-state index contributed by atoms with van der Waals surface area (Å²) >= 11 is 1.68. The van der Waals surface area contributed by atoms with Gasteiger partial charge in [0.2, 0.25) is 5.91 Å². The highest BCUT2D eigenvalue weighted by Crippen LogP contribution is 2.35. The Kier molecular flexibility index (Phi) is 6.21. The number of morpholine rings is 1. The lowest BCUT2D eigenvalue weighted by atomic mass is 10.1. The van der Waals surface area contributed by atoms with Crippen molar-refractivity contribution in [2.75, 3.05) is 31.2 Å². The second-order valence-electron chi connectivity index (χ2n) is 6.54. The van der Waals surface area contributed by atoms with E-state index in [-0.39, 0.29) is 5.91 Å². The van der Waals surface area contributed by atoms with E-state index in [1.807, 2.05) is 20.8 Å². The van der Waals surface area contributed by atoms with E-state index in [1.165, 1.54) is 0 Å². The summed E-state index contributed by atoms with van der Waals surface area (Å²) in [5, 5.41) is 4.00. The fourth-order valence-corrected chi connectivity index (χ4v) is 4.16. The Labute approximate surface area is 158 Å². The molecule has 26 heavy (non-hydrogen) atoms. The average Bonchev–Trinajstić information content (AvgIpc) is 3.04. The minimum atomic E-state index is 0.0708. The van der Waals surface area contributed by atoms with Crippen molar-refractivity contribution < 1.29 is 9.53 Å². The van der Waals surface area contributed by atoms with Gasteiger partial charge < -0.3 is 15.0 Å². The van der Waals surface area contributed by atoms with E-state index in [9.17, 15) is 4.79 Å². The van der Waals surface area contributed by atoms with Crippen LogP contribution in [0.1, 0.15) is 36.8 Å². The van der Waals surface area contributed by atoms with Crippen LogP contribution in [0.5, 0.6) is 0 Å². The van der Waals surface area contributed by atoms with Crippen LogP contribution in [0.4, 0.5) is 5.13 Å². The lowest BCUT2D eigenvalue weighted by Crippen LogP contribution is -2.36. The number of ether oxygens (including phenoxy) is 1. The summed E-state index contributed by atoms with van der Waals surface area (Å²) in [5.74, 6) is 0.0708. The first-order valence-corrected chi connectivity index (χ1v) is 9.93. The molecule has 1 N–H and O–H groups in total. The number of pyridine rings is 1. The van der Waals surface area contributed by atoms with Crippen LogP contribution in [0.3, 0.4) is 0 Å². The fourth-order valence-electron chi connectivity index (χ4n) is 3.04. The zero-order valence-corrected chi connectivity index (χ0v) is 16.5. The molecule has 0 aromatic carbocycles. The normalized spacial score (nSPS) is 14.5. The molecular weight excluding hydrogens is 348 g/mol. The topological polar surface area (TPSA) is 67.4 Å². The third-order valence-electron chi connectivity index (χ3n) is 4.24. The summed E-state index contributed by atoms with van der Waals surface area (Å²) in [6.45, 7) is 9.62. The number of aromatic nitrogens is 2. The van der Waals surface area contributed by atoms with E-state index >= 15 is 0 Å². The molecule has 1 aliphatic rings. The van der Waals surface area contributed by atoms with Crippen molar-refractivity contribution in [3.8, 4) is 10.4 Å². The highest BCUT2D eigenvalue weighted by atomic mass is 32.1. The predicted octanol–water partition coefficient (Wildman–Crippen LogP) is 3.07. The van der Waals surface area contributed by atoms with Gasteiger partial charge in [-0.1, -0.05) is 18.3 Å². The predicted molar refractivity (Wildman–Crippen MR) is 105 cm³/mol. The molecule has 1 amide bonds. The molecule has 0 aliphatic carbocycles. The Morgan fingerprint density at radius 1 is 1.23 bits per heavy atom. The van der Waals surface area contributed by atoms with Gasteiger partial charge in [-0.05, 0) is 38.0 Å². The van der Waals surface area contributed by atoms with E-state index in [1.54, 1.807) is 11.3 Å². The summed E-state index contributed by atoms with van der Waals surface area (Å²) in [5.41, 5.74) is 4.02. The van der Waals surface area contributed by atoms with Gasteiger partial charge in [-0.15, -0.1) is 0 Å². The highest BCUT2D eigenvalue weighted by molar-refractivity contribution is 7.19. The molecule has 1 saturated heterocycles. The van der Waals surface area contributed by atoms with E-state index in [0.717, 1.165) is 65.4 Å². The number of thiazole rings is 1. The first-order valence-electron chi connectivity index (χ1n) is 9.11. The third-order valence-corrected chi connectivity index (χ3v) is 5.45. The van der Waals surface area contributed by atoms with Crippen LogP contribution in [-0.4, -0.2) is 42.2 Å². The third kappa shape index (κ3) is 4.59. The summed E-state index contributed by atoms with van der Waals surface area (Å²) < 4.78 is 5.45. The monoisotopic (exact) mass is 374 g/mol. The Balaban J connectivity index is 1.91. The number of nitrogens with one attached hydrogen (secondary N) is 1. The fraction of sp³-hybridized carbons (Fsp3) is 0.526. The quantitative estimate of drug-likeness (QED) is 0.842. The van der Waals surface area contributed by atoms with Gasteiger partial charge in [-0.25, -0.2) is 4.98 Å². The Hall–Kier alpha value is -1.99. The molecule has 7 heteroatoms. The minimum absolute atomic E-state index is 0.0708.